The topological polar surface area (TPSA) is 80.7 Å². The molecule has 1 heterocycles. The van der Waals surface area contributed by atoms with E-state index in [1.807, 2.05) is 25.1 Å². The Bertz CT molecular complexity index is 519. The molecule has 0 fully saturated rings. The number of rotatable bonds is 2. The molecule has 0 amide bonds. The van der Waals surface area contributed by atoms with Crippen LogP contribution in [0.25, 0.3) is 11.3 Å². The van der Waals surface area contributed by atoms with Gasteiger partial charge in [0.2, 0.25) is 0 Å². The quantitative estimate of drug-likeness (QED) is 0.747. The summed E-state index contributed by atoms with van der Waals surface area (Å²) in [4.78, 5) is 7.18. The Labute approximate surface area is 98.6 Å². The maximum atomic E-state index is 6.00. The van der Waals surface area contributed by atoms with Gasteiger partial charge in [0.15, 0.2) is 5.95 Å². The average Bonchev–Trinajstić information content (AvgIpc) is 2.59. The highest BCUT2D eigenvalue weighted by Crippen LogP contribution is 2.26. The van der Waals surface area contributed by atoms with Crippen LogP contribution in [0.3, 0.4) is 0 Å². The number of nitrogen functional groups attached to an aromatic ring is 1. The number of nitrogens with two attached hydrogens (primary N) is 2. The number of nitrogens with zero attached hydrogens (tertiary/aromatic N) is 1. The lowest BCUT2D eigenvalue weighted by atomic mass is 10.1. The molecule has 5 N–H and O–H groups in total. The Hall–Kier alpha value is -1.52. The lowest BCUT2D eigenvalue weighted by molar-refractivity contribution is 1.07. The predicted molar refractivity (Wildman–Crippen MR) is 66.1 cm³/mol. The summed E-state index contributed by atoms with van der Waals surface area (Å²) >= 11 is 6.00. The van der Waals surface area contributed by atoms with Crippen LogP contribution in [0.2, 0.25) is 5.02 Å². The van der Waals surface area contributed by atoms with Gasteiger partial charge in [-0.1, -0.05) is 17.7 Å². The minimum Gasteiger partial charge on any atom is -0.369 e. The molecular weight excluding hydrogens is 224 g/mol. The van der Waals surface area contributed by atoms with Crippen molar-refractivity contribution in [3.8, 4) is 11.3 Å². The zero-order chi connectivity index (χ0) is 11.7. The largest absolute Gasteiger partial charge is 0.369 e. The van der Waals surface area contributed by atoms with Crippen LogP contribution in [0.1, 0.15) is 11.3 Å². The molecule has 0 radical (unpaired) electrons. The lowest BCUT2D eigenvalue weighted by Crippen LogP contribution is -1.97. The summed E-state index contributed by atoms with van der Waals surface area (Å²) in [5, 5.41) is 0.674. The molecule has 0 unspecified atom stereocenters. The minimum absolute atomic E-state index is 0.408. The fraction of sp³-hybridized carbons (Fsp3) is 0.182. The first-order valence-electron chi connectivity index (χ1n) is 4.92. The maximum Gasteiger partial charge on any atom is 0.198 e. The molecule has 1 aromatic carbocycles. The van der Waals surface area contributed by atoms with Gasteiger partial charge in [0.1, 0.15) is 0 Å². The molecule has 84 valence electrons. The van der Waals surface area contributed by atoms with Gasteiger partial charge in [0.05, 0.1) is 5.69 Å². The van der Waals surface area contributed by atoms with Crippen molar-refractivity contribution >= 4 is 17.5 Å². The zero-order valence-electron chi connectivity index (χ0n) is 8.92. The monoisotopic (exact) mass is 236 g/mol. The number of aromatic nitrogens is 2. The number of imidazole rings is 1. The zero-order valence-corrected chi connectivity index (χ0v) is 9.67. The summed E-state index contributed by atoms with van der Waals surface area (Å²) in [5.74, 6) is 0.414. The Balaban J connectivity index is 2.52. The van der Waals surface area contributed by atoms with Crippen LogP contribution in [0.4, 0.5) is 5.95 Å². The van der Waals surface area contributed by atoms with Gasteiger partial charge in [0.25, 0.3) is 0 Å². The van der Waals surface area contributed by atoms with Crippen molar-refractivity contribution in [1.82, 2.24) is 9.97 Å². The highest BCUT2D eigenvalue weighted by atomic mass is 35.5. The van der Waals surface area contributed by atoms with Crippen LogP contribution in [0.15, 0.2) is 18.2 Å². The Kier molecular flexibility index (Phi) is 2.85. The van der Waals surface area contributed by atoms with Gasteiger partial charge in [-0.15, -0.1) is 0 Å². The van der Waals surface area contributed by atoms with Crippen LogP contribution in [-0.4, -0.2) is 9.97 Å². The number of aryl methyl sites for hydroxylation is 1. The molecule has 5 heteroatoms. The first-order chi connectivity index (χ1) is 7.61. The van der Waals surface area contributed by atoms with E-state index in [2.05, 4.69) is 9.97 Å². The number of anilines is 1. The molecule has 16 heavy (non-hydrogen) atoms. The van der Waals surface area contributed by atoms with E-state index >= 15 is 0 Å². The van der Waals surface area contributed by atoms with Crippen molar-refractivity contribution in [2.24, 2.45) is 5.73 Å². The minimum atomic E-state index is 0.408. The molecule has 0 saturated heterocycles. The van der Waals surface area contributed by atoms with E-state index in [1.54, 1.807) is 0 Å². The molecular formula is C11H13ClN4. The number of halogens is 1. The van der Waals surface area contributed by atoms with E-state index in [0.29, 0.717) is 17.5 Å². The Morgan fingerprint density at radius 1 is 1.44 bits per heavy atom. The molecule has 4 nitrogen and oxygen atoms in total. The second-order valence-corrected chi connectivity index (χ2v) is 4.01. The van der Waals surface area contributed by atoms with Gasteiger partial charge in [-0.2, -0.15) is 0 Å². The van der Waals surface area contributed by atoms with Crippen molar-refractivity contribution in [2.45, 2.75) is 13.5 Å². The van der Waals surface area contributed by atoms with Crippen molar-refractivity contribution < 1.29 is 0 Å². The number of hydrogen-bond donors (Lipinski definition) is 3. The molecule has 0 atom stereocenters. The molecule has 2 rings (SSSR count). The van der Waals surface area contributed by atoms with E-state index < -0.39 is 0 Å². The maximum absolute atomic E-state index is 6.00. The second kappa shape index (κ2) is 4.15. The summed E-state index contributed by atoms with van der Waals surface area (Å²) in [6.07, 6.45) is 0. The SMILES string of the molecule is Cc1[nH]c(N)nc1-c1ccc(Cl)c(CN)c1. The summed E-state index contributed by atoms with van der Waals surface area (Å²) in [6.45, 7) is 2.33. The lowest BCUT2D eigenvalue weighted by Gasteiger charge is -2.04. The van der Waals surface area contributed by atoms with Crippen LogP contribution < -0.4 is 11.5 Å². The molecule has 0 spiro atoms. The number of H-pyrrole nitrogens is 1. The molecule has 0 bridgehead atoms. The van der Waals surface area contributed by atoms with Gasteiger partial charge >= 0.3 is 0 Å². The Morgan fingerprint density at radius 2 is 2.19 bits per heavy atom. The fourth-order valence-corrected chi connectivity index (χ4v) is 1.84. The third-order valence-corrected chi connectivity index (χ3v) is 2.81. The van der Waals surface area contributed by atoms with Crippen LogP contribution in [0.5, 0.6) is 0 Å². The number of aromatic amines is 1. The van der Waals surface area contributed by atoms with E-state index in [9.17, 15) is 0 Å². The highest BCUT2D eigenvalue weighted by Gasteiger charge is 2.09. The van der Waals surface area contributed by atoms with Crippen molar-refractivity contribution in [3.05, 3.63) is 34.5 Å². The standard InChI is InChI=1S/C11H13ClN4/c1-6-10(16-11(14)15-6)7-2-3-9(12)8(4-7)5-13/h2-4H,5,13H2,1H3,(H3,14,15,16). The summed E-state index contributed by atoms with van der Waals surface area (Å²) in [7, 11) is 0. The molecule has 2 aromatic rings. The van der Waals surface area contributed by atoms with E-state index in [1.165, 1.54) is 0 Å². The number of nitrogens with one attached hydrogen (secondary N) is 1. The van der Waals surface area contributed by atoms with Gasteiger partial charge in [-0.3, -0.25) is 0 Å². The van der Waals surface area contributed by atoms with E-state index in [4.69, 9.17) is 23.1 Å². The normalized spacial score (nSPS) is 10.7. The van der Waals surface area contributed by atoms with E-state index in [0.717, 1.165) is 22.5 Å². The summed E-state index contributed by atoms with van der Waals surface area (Å²) in [6, 6.07) is 5.67. The van der Waals surface area contributed by atoms with Crippen LogP contribution in [0, 0.1) is 6.92 Å². The summed E-state index contributed by atoms with van der Waals surface area (Å²) < 4.78 is 0. The Morgan fingerprint density at radius 3 is 2.75 bits per heavy atom. The number of hydrogen-bond acceptors (Lipinski definition) is 3. The van der Waals surface area contributed by atoms with Crippen LogP contribution in [-0.2, 0) is 6.54 Å². The predicted octanol–water partition coefficient (Wildman–Crippen LogP) is 2.08. The second-order valence-electron chi connectivity index (χ2n) is 3.61. The molecule has 1 aromatic heterocycles. The first kappa shape index (κ1) is 11.0. The van der Waals surface area contributed by atoms with Gasteiger partial charge in [0, 0.05) is 22.8 Å². The third-order valence-electron chi connectivity index (χ3n) is 2.44. The third kappa shape index (κ3) is 1.89. The highest BCUT2D eigenvalue weighted by molar-refractivity contribution is 6.31. The average molecular weight is 237 g/mol. The van der Waals surface area contributed by atoms with Gasteiger partial charge in [-0.05, 0) is 24.6 Å². The number of benzene rings is 1. The molecule has 0 aliphatic carbocycles. The van der Waals surface area contributed by atoms with Gasteiger partial charge in [-0.25, -0.2) is 4.98 Å². The van der Waals surface area contributed by atoms with E-state index in [-0.39, 0.29) is 0 Å². The molecule has 0 aliphatic rings. The smallest absolute Gasteiger partial charge is 0.198 e. The van der Waals surface area contributed by atoms with Crippen molar-refractivity contribution in [2.75, 3.05) is 5.73 Å². The molecule has 0 aliphatic heterocycles. The van der Waals surface area contributed by atoms with Crippen molar-refractivity contribution in [3.63, 3.8) is 0 Å². The van der Waals surface area contributed by atoms with Gasteiger partial charge < -0.3 is 16.5 Å². The first-order valence-corrected chi connectivity index (χ1v) is 5.30. The van der Waals surface area contributed by atoms with Crippen LogP contribution >= 0.6 is 11.6 Å². The summed E-state index contributed by atoms with van der Waals surface area (Å²) in [5.41, 5.74) is 14.8. The molecule has 0 saturated carbocycles. The fourth-order valence-electron chi connectivity index (χ4n) is 1.64. The van der Waals surface area contributed by atoms with Crippen molar-refractivity contribution in [1.29, 1.82) is 0 Å².